The number of nitrogens with zero attached hydrogens (tertiary/aromatic N) is 2. The predicted molar refractivity (Wildman–Crippen MR) is 111 cm³/mol. The van der Waals surface area contributed by atoms with Crippen LogP contribution in [-0.2, 0) is 0 Å². The summed E-state index contributed by atoms with van der Waals surface area (Å²) >= 11 is 1.61. The molecule has 0 unspecified atom stereocenters. The molecule has 0 saturated heterocycles. The van der Waals surface area contributed by atoms with Crippen molar-refractivity contribution < 1.29 is 4.79 Å². The molecule has 0 aliphatic rings. The molecule has 0 spiro atoms. The van der Waals surface area contributed by atoms with Crippen molar-refractivity contribution in [2.24, 2.45) is 0 Å². The van der Waals surface area contributed by atoms with E-state index < -0.39 is 0 Å². The summed E-state index contributed by atoms with van der Waals surface area (Å²) in [5, 5.41) is 9.69. The summed E-state index contributed by atoms with van der Waals surface area (Å²) in [6.07, 6.45) is 0. The molecule has 0 atom stereocenters. The molecular weight excluding hydrogens is 354 g/mol. The van der Waals surface area contributed by atoms with E-state index in [4.69, 9.17) is 5.10 Å². The van der Waals surface area contributed by atoms with Crippen LogP contribution in [0.25, 0.3) is 16.3 Å². The second-order valence-electron chi connectivity index (χ2n) is 6.46. The lowest BCUT2D eigenvalue weighted by atomic mass is 10.2. The Morgan fingerprint density at radius 3 is 2.48 bits per heavy atom. The van der Waals surface area contributed by atoms with Crippen molar-refractivity contribution in [1.82, 2.24) is 9.78 Å². The molecule has 134 valence electrons. The Morgan fingerprint density at radius 1 is 0.963 bits per heavy atom. The molecule has 0 bridgehead atoms. The van der Waals surface area contributed by atoms with Crippen LogP contribution in [0.4, 0.5) is 5.69 Å². The van der Waals surface area contributed by atoms with Gasteiger partial charge in [0.25, 0.3) is 5.91 Å². The zero-order valence-corrected chi connectivity index (χ0v) is 16.0. The van der Waals surface area contributed by atoms with E-state index in [9.17, 15) is 4.79 Å². The van der Waals surface area contributed by atoms with Gasteiger partial charge in [0.2, 0.25) is 0 Å². The van der Waals surface area contributed by atoms with Crippen LogP contribution in [0.15, 0.2) is 72.1 Å². The Morgan fingerprint density at radius 2 is 1.78 bits per heavy atom. The normalized spacial score (nSPS) is 10.7. The highest BCUT2D eigenvalue weighted by atomic mass is 32.1. The Hall–Kier alpha value is -3.18. The third-order valence-electron chi connectivity index (χ3n) is 4.27. The van der Waals surface area contributed by atoms with Crippen molar-refractivity contribution >= 4 is 22.9 Å². The number of nitrogens with one attached hydrogen (secondary N) is 1. The fourth-order valence-corrected chi connectivity index (χ4v) is 3.56. The van der Waals surface area contributed by atoms with Crippen molar-refractivity contribution in [2.75, 3.05) is 5.32 Å². The van der Waals surface area contributed by atoms with Crippen LogP contribution in [-0.4, -0.2) is 15.7 Å². The second-order valence-corrected chi connectivity index (χ2v) is 7.41. The van der Waals surface area contributed by atoms with E-state index in [2.05, 4.69) is 5.32 Å². The number of benzene rings is 2. The molecule has 1 N–H and O–H groups in total. The van der Waals surface area contributed by atoms with Gasteiger partial charge >= 0.3 is 0 Å². The molecule has 0 aliphatic heterocycles. The van der Waals surface area contributed by atoms with Gasteiger partial charge < -0.3 is 5.32 Å². The largest absolute Gasteiger partial charge is 0.321 e. The van der Waals surface area contributed by atoms with Gasteiger partial charge in [0.05, 0.1) is 10.6 Å². The zero-order chi connectivity index (χ0) is 18.8. The summed E-state index contributed by atoms with van der Waals surface area (Å²) in [5.41, 5.74) is 5.20. The van der Waals surface area contributed by atoms with Gasteiger partial charge in [0.1, 0.15) is 11.4 Å². The van der Waals surface area contributed by atoms with E-state index in [-0.39, 0.29) is 5.91 Å². The average Bonchev–Trinajstić information content (AvgIpc) is 3.33. The van der Waals surface area contributed by atoms with Gasteiger partial charge in [-0.15, -0.1) is 11.3 Å². The van der Waals surface area contributed by atoms with E-state index in [1.807, 2.05) is 86.0 Å². The van der Waals surface area contributed by atoms with Crippen LogP contribution in [0.5, 0.6) is 0 Å². The minimum Gasteiger partial charge on any atom is -0.321 e. The number of anilines is 1. The van der Waals surface area contributed by atoms with Crippen LogP contribution in [0.1, 0.15) is 21.6 Å². The Balaban J connectivity index is 1.75. The first-order valence-corrected chi connectivity index (χ1v) is 9.57. The molecule has 2 aromatic heterocycles. The Kier molecular flexibility index (Phi) is 4.60. The minimum atomic E-state index is -0.185. The summed E-state index contributed by atoms with van der Waals surface area (Å²) in [4.78, 5) is 14.0. The van der Waals surface area contributed by atoms with Crippen LogP contribution in [0, 0.1) is 13.8 Å². The Labute approximate surface area is 162 Å². The van der Waals surface area contributed by atoms with Crippen molar-refractivity contribution in [3.8, 4) is 16.3 Å². The van der Waals surface area contributed by atoms with Gasteiger partial charge in [-0.25, -0.2) is 4.68 Å². The van der Waals surface area contributed by atoms with Gasteiger partial charge in [-0.1, -0.05) is 35.9 Å². The highest BCUT2D eigenvalue weighted by molar-refractivity contribution is 7.13. The number of carbonyl (C=O) groups is 1. The highest BCUT2D eigenvalue weighted by Crippen LogP contribution is 2.26. The number of aryl methyl sites for hydroxylation is 2. The van der Waals surface area contributed by atoms with Crippen LogP contribution in [0.2, 0.25) is 0 Å². The molecule has 1 amide bonds. The van der Waals surface area contributed by atoms with Crippen molar-refractivity contribution in [2.45, 2.75) is 13.8 Å². The summed E-state index contributed by atoms with van der Waals surface area (Å²) in [7, 11) is 0. The lowest BCUT2D eigenvalue weighted by Gasteiger charge is -2.09. The summed E-state index contributed by atoms with van der Waals surface area (Å²) in [6, 6.07) is 21.6. The molecule has 0 saturated carbocycles. The van der Waals surface area contributed by atoms with Crippen LogP contribution < -0.4 is 5.32 Å². The lowest BCUT2D eigenvalue weighted by Crippen LogP contribution is -2.17. The number of rotatable bonds is 4. The van der Waals surface area contributed by atoms with E-state index >= 15 is 0 Å². The quantitative estimate of drug-likeness (QED) is 0.515. The average molecular weight is 373 g/mol. The monoisotopic (exact) mass is 373 g/mol. The molecule has 5 heteroatoms. The second kappa shape index (κ2) is 7.21. The molecule has 0 fully saturated rings. The highest BCUT2D eigenvalue weighted by Gasteiger charge is 2.18. The SMILES string of the molecule is Cc1ccc(NC(=O)c2cc(-c3cccs3)nn2-c2cccc(C)c2)cc1. The van der Waals surface area contributed by atoms with E-state index in [1.165, 1.54) is 0 Å². The summed E-state index contributed by atoms with van der Waals surface area (Å²) in [5.74, 6) is -0.185. The maximum Gasteiger partial charge on any atom is 0.274 e. The maximum atomic E-state index is 13.0. The third kappa shape index (κ3) is 3.68. The smallest absolute Gasteiger partial charge is 0.274 e. The molecule has 27 heavy (non-hydrogen) atoms. The molecule has 4 aromatic rings. The molecule has 2 heterocycles. The zero-order valence-electron chi connectivity index (χ0n) is 15.1. The molecule has 0 radical (unpaired) electrons. The summed E-state index contributed by atoms with van der Waals surface area (Å²) in [6.45, 7) is 4.05. The van der Waals surface area contributed by atoms with Crippen LogP contribution in [0.3, 0.4) is 0 Å². The molecule has 4 rings (SSSR count). The van der Waals surface area contributed by atoms with E-state index in [0.717, 1.165) is 33.1 Å². The van der Waals surface area contributed by atoms with Gasteiger partial charge in [-0.2, -0.15) is 5.10 Å². The first-order valence-electron chi connectivity index (χ1n) is 8.69. The maximum absolute atomic E-state index is 13.0. The minimum absolute atomic E-state index is 0.185. The molecule has 2 aromatic carbocycles. The van der Waals surface area contributed by atoms with Gasteiger partial charge in [-0.05, 0) is 61.2 Å². The third-order valence-corrected chi connectivity index (χ3v) is 5.16. The van der Waals surface area contributed by atoms with Gasteiger partial charge in [0, 0.05) is 5.69 Å². The lowest BCUT2D eigenvalue weighted by molar-refractivity contribution is 0.101. The number of hydrogen-bond donors (Lipinski definition) is 1. The molecule has 0 aliphatic carbocycles. The predicted octanol–water partition coefficient (Wildman–Crippen LogP) is 5.47. The van der Waals surface area contributed by atoms with Crippen molar-refractivity contribution in [3.05, 3.63) is 88.9 Å². The number of carbonyl (C=O) groups excluding carboxylic acids is 1. The van der Waals surface area contributed by atoms with Crippen LogP contribution >= 0.6 is 11.3 Å². The topological polar surface area (TPSA) is 46.9 Å². The summed E-state index contributed by atoms with van der Waals surface area (Å²) < 4.78 is 1.71. The van der Waals surface area contributed by atoms with Crippen molar-refractivity contribution in [3.63, 3.8) is 0 Å². The standard InChI is InChI=1S/C22H19N3OS/c1-15-8-10-17(11-9-15)23-22(26)20-14-19(21-7-4-12-27-21)24-25(20)18-6-3-5-16(2)13-18/h3-14H,1-2H3,(H,23,26). The number of aromatic nitrogens is 2. The van der Waals surface area contributed by atoms with Gasteiger partial charge in [-0.3, -0.25) is 4.79 Å². The number of thiophene rings is 1. The first-order chi connectivity index (χ1) is 13.1. The first kappa shape index (κ1) is 17.2. The van der Waals surface area contributed by atoms with E-state index in [1.54, 1.807) is 16.0 Å². The number of amides is 1. The number of hydrogen-bond acceptors (Lipinski definition) is 3. The van der Waals surface area contributed by atoms with Gasteiger partial charge in [0.15, 0.2) is 0 Å². The fourth-order valence-electron chi connectivity index (χ4n) is 2.88. The van der Waals surface area contributed by atoms with Crippen molar-refractivity contribution in [1.29, 1.82) is 0 Å². The molecular formula is C22H19N3OS. The molecule has 4 nitrogen and oxygen atoms in total. The van der Waals surface area contributed by atoms with E-state index in [0.29, 0.717) is 5.69 Å². The Bertz CT molecular complexity index is 1080. The fraction of sp³-hybridized carbons (Fsp3) is 0.0909.